The second kappa shape index (κ2) is 10.9. The van der Waals surface area contributed by atoms with Crippen molar-refractivity contribution in [1.29, 1.82) is 0 Å². The Morgan fingerprint density at radius 2 is 1.71 bits per heavy atom. The smallest absolute Gasteiger partial charge is 0.254 e. The van der Waals surface area contributed by atoms with Crippen LogP contribution < -0.4 is 9.47 Å². The van der Waals surface area contributed by atoms with E-state index < -0.39 is 0 Å². The summed E-state index contributed by atoms with van der Waals surface area (Å²) in [5, 5.41) is 1.39. The van der Waals surface area contributed by atoms with E-state index in [1.165, 1.54) is 0 Å². The zero-order valence-corrected chi connectivity index (χ0v) is 21.3. The summed E-state index contributed by atoms with van der Waals surface area (Å²) >= 11 is 9.95. The third kappa shape index (κ3) is 5.51. The molecule has 7 heteroatoms. The van der Waals surface area contributed by atoms with Crippen LogP contribution in [-0.2, 0) is 13.0 Å². The lowest BCUT2D eigenvalue weighted by atomic mass is 10.1. The van der Waals surface area contributed by atoms with Crippen molar-refractivity contribution in [3.05, 3.63) is 99.1 Å². The molecule has 0 aliphatic rings. The number of pyridine rings is 1. The van der Waals surface area contributed by atoms with Crippen molar-refractivity contribution in [3.63, 3.8) is 0 Å². The topological polar surface area (TPSA) is 51.7 Å². The normalized spacial score (nSPS) is 10.8. The van der Waals surface area contributed by atoms with Gasteiger partial charge in [-0.3, -0.25) is 4.79 Å². The number of carbonyl (C=O) groups excluding carboxylic acids is 1. The van der Waals surface area contributed by atoms with Crippen LogP contribution in [0.4, 0.5) is 0 Å². The van der Waals surface area contributed by atoms with Gasteiger partial charge in [-0.25, -0.2) is 4.98 Å². The number of para-hydroxylation sites is 1. The average molecular weight is 540 g/mol. The molecule has 0 unspecified atom stereocenters. The van der Waals surface area contributed by atoms with Gasteiger partial charge in [-0.2, -0.15) is 0 Å². The molecular formula is C27H24BrClN2O3. The fourth-order valence-corrected chi connectivity index (χ4v) is 4.25. The van der Waals surface area contributed by atoms with E-state index in [0.29, 0.717) is 41.7 Å². The first kappa shape index (κ1) is 24.0. The monoisotopic (exact) mass is 538 g/mol. The van der Waals surface area contributed by atoms with Crippen LogP contribution >= 0.6 is 27.5 Å². The van der Waals surface area contributed by atoms with Gasteiger partial charge in [-0.05, 0) is 60.5 Å². The molecule has 0 N–H and O–H groups in total. The van der Waals surface area contributed by atoms with Gasteiger partial charge in [0, 0.05) is 34.1 Å². The van der Waals surface area contributed by atoms with E-state index in [0.717, 1.165) is 26.5 Å². The Kier molecular flexibility index (Phi) is 7.70. The van der Waals surface area contributed by atoms with Gasteiger partial charge in [0.15, 0.2) is 11.5 Å². The van der Waals surface area contributed by atoms with Gasteiger partial charge in [-0.15, -0.1) is 0 Å². The molecule has 3 aromatic carbocycles. The molecule has 174 valence electrons. The number of rotatable bonds is 8. The lowest BCUT2D eigenvalue weighted by molar-refractivity contribution is 0.0745. The van der Waals surface area contributed by atoms with Gasteiger partial charge in [0.2, 0.25) is 0 Å². The number of fused-ring (bicyclic) bond motifs is 1. The van der Waals surface area contributed by atoms with Crippen LogP contribution in [0.3, 0.4) is 0 Å². The number of hydrogen-bond donors (Lipinski definition) is 0. The Morgan fingerprint density at radius 3 is 2.44 bits per heavy atom. The number of ether oxygens (including phenoxy) is 2. The van der Waals surface area contributed by atoms with Crippen molar-refractivity contribution < 1.29 is 14.3 Å². The van der Waals surface area contributed by atoms with E-state index in [2.05, 4.69) is 20.9 Å². The predicted molar refractivity (Wildman–Crippen MR) is 139 cm³/mol. The second-order valence-corrected chi connectivity index (χ2v) is 9.08. The molecule has 0 aliphatic heterocycles. The van der Waals surface area contributed by atoms with Crippen LogP contribution in [0.2, 0.25) is 5.15 Å². The van der Waals surface area contributed by atoms with Crippen molar-refractivity contribution in [2.75, 3.05) is 20.8 Å². The standard InChI is InChI=1S/C27H24BrClN2O3/c1-33-24-12-7-18(15-25(24)34-2)13-14-31(27(32)19-8-10-22(28)11-9-19)17-21-16-20-5-3-4-6-23(20)30-26(21)29/h3-12,15-16H,13-14,17H2,1-2H3. The van der Waals surface area contributed by atoms with Crippen LogP contribution in [-0.4, -0.2) is 36.6 Å². The summed E-state index contributed by atoms with van der Waals surface area (Å²) in [7, 11) is 3.22. The van der Waals surface area contributed by atoms with Gasteiger partial charge >= 0.3 is 0 Å². The van der Waals surface area contributed by atoms with Gasteiger partial charge in [-0.1, -0.05) is 51.8 Å². The minimum absolute atomic E-state index is 0.0720. The molecule has 1 amide bonds. The number of carbonyl (C=O) groups is 1. The molecule has 0 aliphatic carbocycles. The summed E-state index contributed by atoms with van der Waals surface area (Å²) in [5.74, 6) is 1.26. The highest BCUT2D eigenvalue weighted by Gasteiger charge is 2.19. The molecule has 1 aromatic heterocycles. The maximum atomic E-state index is 13.5. The first-order chi connectivity index (χ1) is 16.5. The Morgan fingerprint density at radius 1 is 0.971 bits per heavy atom. The zero-order valence-electron chi connectivity index (χ0n) is 18.9. The number of nitrogens with zero attached hydrogens (tertiary/aromatic N) is 2. The van der Waals surface area contributed by atoms with Crippen LogP contribution in [0.25, 0.3) is 10.9 Å². The number of aromatic nitrogens is 1. The van der Waals surface area contributed by atoms with Crippen molar-refractivity contribution >= 4 is 44.3 Å². The second-order valence-electron chi connectivity index (χ2n) is 7.80. The molecule has 34 heavy (non-hydrogen) atoms. The first-order valence-electron chi connectivity index (χ1n) is 10.8. The predicted octanol–water partition coefficient (Wildman–Crippen LogP) is 6.55. The molecule has 0 atom stereocenters. The highest BCUT2D eigenvalue weighted by atomic mass is 79.9. The zero-order chi connectivity index (χ0) is 24.1. The SMILES string of the molecule is COc1ccc(CCN(Cc2cc3ccccc3nc2Cl)C(=O)c2ccc(Br)cc2)cc1OC. The van der Waals surface area contributed by atoms with Crippen molar-refractivity contribution in [3.8, 4) is 11.5 Å². The Labute approximate surface area is 212 Å². The van der Waals surface area contributed by atoms with E-state index in [9.17, 15) is 4.79 Å². The molecule has 0 radical (unpaired) electrons. The number of halogens is 2. The van der Waals surface area contributed by atoms with Crippen molar-refractivity contribution in [2.24, 2.45) is 0 Å². The third-order valence-corrected chi connectivity index (χ3v) is 6.46. The number of methoxy groups -OCH3 is 2. The quantitative estimate of drug-likeness (QED) is 0.238. The maximum Gasteiger partial charge on any atom is 0.254 e. The molecule has 4 rings (SSSR count). The fourth-order valence-electron chi connectivity index (χ4n) is 3.78. The molecule has 1 heterocycles. The Hall–Kier alpha value is -3.09. The van der Waals surface area contributed by atoms with Crippen LogP contribution in [0, 0.1) is 0 Å². The highest BCUT2D eigenvalue weighted by molar-refractivity contribution is 9.10. The molecular weight excluding hydrogens is 516 g/mol. The summed E-state index contributed by atoms with van der Waals surface area (Å²) < 4.78 is 11.7. The van der Waals surface area contributed by atoms with Crippen LogP contribution in [0.1, 0.15) is 21.5 Å². The van der Waals surface area contributed by atoms with Crippen LogP contribution in [0.5, 0.6) is 11.5 Å². The summed E-state index contributed by atoms with van der Waals surface area (Å²) in [6, 6.07) is 23.0. The van der Waals surface area contributed by atoms with Crippen molar-refractivity contribution in [1.82, 2.24) is 9.88 Å². The van der Waals surface area contributed by atoms with E-state index in [1.54, 1.807) is 19.1 Å². The summed E-state index contributed by atoms with van der Waals surface area (Å²) in [6.07, 6.45) is 0.640. The largest absolute Gasteiger partial charge is 0.493 e. The number of amides is 1. The van der Waals surface area contributed by atoms with Gasteiger partial charge in [0.25, 0.3) is 5.91 Å². The van der Waals surface area contributed by atoms with Gasteiger partial charge < -0.3 is 14.4 Å². The molecule has 0 saturated heterocycles. The van der Waals surface area contributed by atoms with E-state index >= 15 is 0 Å². The van der Waals surface area contributed by atoms with Crippen molar-refractivity contribution in [2.45, 2.75) is 13.0 Å². The average Bonchev–Trinajstić information content (AvgIpc) is 2.86. The van der Waals surface area contributed by atoms with E-state index in [4.69, 9.17) is 21.1 Å². The van der Waals surface area contributed by atoms with E-state index in [-0.39, 0.29) is 5.91 Å². The summed E-state index contributed by atoms with van der Waals surface area (Å²) in [4.78, 5) is 19.8. The maximum absolute atomic E-state index is 13.5. The van der Waals surface area contributed by atoms with Gasteiger partial charge in [0.1, 0.15) is 5.15 Å². The Balaban J connectivity index is 1.62. The highest BCUT2D eigenvalue weighted by Crippen LogP contribution is 2.28. The molecule has 0 spiro atoms. The van der Waals surface area contributed by atoms with E-state index in [1.807, 2.05) is 72.8 Å². The third-order valence-electron chi connectivity index (χ3n) is 5.61. The Bertz CT molecular complexity index is 1310. The number of benzene rings is 3. The summed E-state index contributed by atoms with van der Waals surface area (Å²) in [6.45, 7) is 0.840. The summed E-state index contributed by atoms with van der Waals surface area (Å²) in [5.41, 5.74) is 3.28. The minimum Gasteiger partial charge on any atom is -0.493 e. The molecule has 0 bridgehead atoms. The first-order valence-corrected chi connectivity index (χ1v) is 12.0. The molecule has 0 fully saturated rings. The van der Waals surface area contributed by atoms with Crippen LogP contribution in [0.15, 0.2) is 77.3 Å². The molecule has 0 saturated carbocycles. The lowest BCUT2D eigenvalue weighted by Gasteiger charge is -2.24. The molecule has 4 aromatic rings. The number of hydrogen-bond acceptors (Lipinski definition) is 4. The minimum atomic E-state index is -0.0720. The molecule has 5 nitrogen and oxygen atoms in total. The van der Waals surface area contributed by atoms with Gasteiger partial charge in [0.05, 0.1) is 19.7 Å². The lowest BCUT2D eigenvalue weighted by Crippen LogP contribution is -2.32. The fraction of sp³-hybridized carbons (Fsp3) is 0.185.